The lowest BCUT2D eigenvalue weighted by molar-refractivity contribution is -0.129. The predicted octanol–water partition coefficient (Wildman–Crippen LogP) is 1.47. The molecule has 98 valence electrons. The molecule has 2 aliphatic rings. The number of hydrogen-bond donors (Lipinski definition) is 1. The molecule has 0 bridgehead atoms. The van der Waals surface area contributed by atoms with E-state index in [4.69, 9.17) is 14.4 Å². The maximum absolute atomic E-state index is 10.9. The lowest BCUT2D eigenvalue weighted by atomic mass is 9.74. The van der Waals surface area contributed by atoms with Gasteiger partial charge in [-0.3, -0.25) is 4.99 Å². The van der Waals surface area contributed by atoms with Crippen LogP contribution in [0.2, 0.25) is 0 Å². The van der Waals surface area contributed by atoms with Gasteiger partial charge in [0.15, 0.2) is 0 Å². The Morgan fingerprint density at radius 2 is 1.89 bits per heavy atom. The van der Waals surface area contributed by atoms with Crippen LogP contribution in [0.25, 0.3) is 0 Å². The van der Waals surface area contributed by atoms with Gasteiger partial charge in [-0.1, -0.05) is 0 Å². The van der Waals surface area contributed by atoms with Crippen LogP contribution in [0.4, 0.5) is 0 Å². The first kappa shape index (κ1) is 13.3. The smallest absolute Gasteiger partial charge is 0.477 e. The van der Waals surface area contributed by atoms with E-state index in [-0.39, 0.29) is 5.71 Å². The van der Waals surface area contributed by atoms with E-state index in [9.17, 15) is 4.79 Å². The molecule has 5 nitrogen and oxygen atoms in total. The Hall–Kier alpha value is -1.14. The van der Waals surface area contributed by atoms with Gasteiger partial charge in [-0.05, 0) is 45.7 Å². The van der Waals surface area contributed by atoms with E-state index < -0.39 is 24.3 Å². The third-order valence-electron chi connectivity index (χ3n) is 3.78. The van der Waals surface area contributed by atoms with Gasteiger partial charge < -0.3 is 14.4 Å². The third kappa shape index (κ3) is 2.22. The molecule has 0 radical (unpaired) electrons. The summed E-state index contributed by atoms with van der Waals surface area (Å²) in [5.41, 5.74) is 0.111. The molecule has 0 aromatic rings. The molecule has 0 spiro atoms. The van der Waals surface area contributed by atoms with Gasteiger partial charge in [0.25, 0.3) is 0 Å². The molecule has 1 N–H and O–H groups in total. The SMILES string of the molecule is CC1(C)OB(C2=CC(C(=O)O)=NCC2)OC1(C)C. The summed E-state index contributed by atoms with van der Waals surface area (Å²) in [6.07, 6.45) is 2.24. The zero-order valence-electron chi connectivity index (χ0n) is 11.2. The Morgan fingerprint density at radius 1 is 1.33 bits per heavy atom. The highest BCUT2D eigenvalue weighted by Gasteiger charge is 2.52. The number of nitrogens with zero attached hydrogens (tertiary/aromatic N) is 1. The fourth-order valence-electron chi connectivity index (χ4n) is 1.91. The number of hydrogen-bond acceptors (Lipinski definition) is 4. The molecule has 0 aromatic carbocycles. The van der Waals surface area contributed by atoms with Crippen LogP contribution in [0.5, 0.6) is 0 Å². The summed E-state index contributed by atoms with van der Waals surface area (Å²) in [5, 5.41) is 8.95. The highest BCUT2D eigenvalue weighted by atomic mass is 16.7. The van der Waals surface area contributed by atoms with E-state index in [0.29, 0.717) is 13.0 Å². The molecular formula is C12H18BNO4. The topological polar surface area (TPSA) is 68.1 Å². The Morgan fingerprint density at radius 3 is 2.39 bits per heavy atom. The van der Waals surface area contributed by atoms with Crippen LogP contribution in [-0.4, -0.2) is 41.7 Å². The van der Waals surface area contributed by atoms with E-state index in [1.165, 1.54) is 0 Å². The zero-order chi connectivity index (χ0) is 13.6. The summed E-state index contributed by atoms with van der Waals surface area (Å²) in [4.78, 5) is 14.9. The Kier molecular flexibility index (Phi) is 3.11. The first-order valence-corrected chi connectivity index (χ1v) is 6.07. The first-order valence-electron chi connectivity index (χ1n) is 6.07. The molecule has 2 heterocycles. The summed E-state index contributed by atoms with van der Waals surface area (Å²) < 4.78 is 11.8. The minimum Gasteiger partial charge on any atom is -0.477 e. The zero-order valence-corrected chi connectivity index (χ0v) is 11.2. The lowest BCUT2D eigenvalue weighted by Gasteiger charge is -2.32. The van der Waals surface area contributed by atoms with E-state index in [2.05, 4.69) is 4.99 Å². The molecule has 0 aromatic heterocycles. The largest absolute Gasteiger partial charge is 0.490 e. The van der Waals surface area contributed by atoms with Gasteiger partial charge in [-0.25, -0.2) is 4.79 Å². The van der Waals surface area contributed by atoms with Crippen molar-refractivity contribution in [2.24, 2.45) is 4.99 Å². The van der Waals surface area contributed by atoms with Crippen molar-refractivity contribution in [2.45, 2.75) is 45.3 Å². The van der Waals surface area contributed by atoms with E-state index in [0.717, 1.165) is 5.47 Å². The van der Waals surface area contributed by atoms with Crippen molar-refractivity contribution in [3.8, 4) is 0 Å². The van der Waals surface area contributed by atoms with Crippen LogP contribution in [0.1, 0.15) is 34.1 Å². The van der Waals surface area contributed by atoms with Gasteiger partial charge in [0.1, 0.15) is 5.71 Å². The van der Waals surface area contributed by atoms with Crippen molar-refractivity contribution in [2.75, 3.05) is 6.54 Å². The van der Waals surface area contributed by atoms with E-state index in [1.807, 2.05) is 27.7 Å². The van der Waals surface area contributed by atoms with Crippen LogP contribution in [0.3, 0.4) is 0 Å². The molecule has 0 saturated carbocycles. The number of aliphatic carboxylic acids is 1. The molecule has 1 fully saturated rings. The van der Waals surface area contributed by atoms with Crippen LogP contribution < -0.4 is 0 Å². The van der Waals surface area contributed by atoms with Crippen molar-refractivity contribution >= 4 is 18.8 Å². The second-order valence-electron chi connectivity index (χ2n) is 5.63. The van der Waals surface area contributed by atoms with Crippen molar-refractivity contribution < 1.29 is 19.2 Å². The van der Waals surface area contributed by atoms with Gasteiger partial charge in [-0.15, -0.1) is 0 Å². The molecular weight excluding hydrogens is 233 g/mol. The summed E-state index contributed by atoms with van der Waals surface area (Å²) in [5.74, 6) is -1.01. The van der Waals surface area contributed by atoms with Crippen LogP contribution in [0, 0.1) is 0 Å². The predicted molar refractivity (Wildman–Crippen MR) is 68.7 cm³/mol. The highest BCUT2D eigenvalue weighted by Crippen LogP contribution is 2.39. The summed E-state index contributed by atoms with van der Waals surface area (Å²) in [7, 11) is -0.472. The maximum Gasteiger partial charge on any atom is 0.490 e. The Balaban J connectivity index is 2.20. The maximum atomic E-state index is 10.9. The van der Waals surface area contributed by atoms with Crippen LogP contribution in [-0.2, 0) is 14.1 Å². The van der Waals surface area contributed by atoms with Crippen LogP contribution >= 0.6 is 0 Å². The average Bonchev–Trinajstić information content (AvgIpc) is 2.48. The highest BCUT2D eigenvalue weighted by molar-refractivity contribution is 6.56. The van der Waals surface area contributed by atoms with Gasteiger partial charge in [0.05, 0.1) is 11.2 Å². The lowest BCUT2D eigenvalue weighted by Crippen LogP contribution is -2.41. The first-order chi connectivity index (χ1) is 8.23. The fourth-order valence-corrected chi connectivity index (χ4v) is 1.91. The Bertz CT molecular complexity index is 423. The number of rotatable bonds is 2. The average molecular weight is 251 g/mol. The molecule has 18 heavy (non-hydrogen) atoms. The number of dihydropyridines is 1. The molecule has 0 aliphatic carbocycles. The van der Waals surface area contributed by atoms with E-state index in [1.54, 1.807) is 6.08 Å². The molecule has 2 aliphatic heterocycles. The molecule has 6 heteroatoms. The number of carboxylic acid groups (broad SMARTS) is 1. The number of carbonyl (C=O) groups is 1. The molecule has 0 atom stereocenters. The van der Waals surface area contributed by atoms with Gasteiger partial charge in [-0.2, -0.15) is 0 Å². The van der Waals surface area contributed by atoms with Gasteiger partial charge in [0, 0.05) is 6.54 Å². The second kappa shape index (κ2) is 4.21. The van der Waals surface area contributed by atoms with Crippen molar-refractivity contribution in [3.63, 3.8) is 0 Å². The summed E-state index contributed by atoms with van der Waals surface area (Å²) >= 11 is 0. The summed E-state index contributed by atoms with van der Waals surface area (Å²) in [6, 6.07) is 0. The number of carboxylic acids is 1. The standard InChI is InChI=1S/C12H18BNO4/c1-11(2)12(3,4)18-13(17-11)8-5-6-14-9(7-8)10(15)16/h7H,5-6H2,1-4H3,(H,15,16). The molecule has 2 rings (SSSR count). The summed E-state index contributed by atoms with van der Waals surface area (Å²) in [6.45, 7) is 8.37. The molecule has 0 amide bonds. The minimum absolute atomic E-state index is 0.0750. The third-order valence-corrected chi connectivity index (χ3v) is 3.78. The number of aliphatic imine (C=N–C) groups is 1. The second-order valence-corrected chi connectivity index (χ2v) is 5.63. The van der Waals surface area contributed by atoms with Gasteiger partial charge in [0.2, 0.25) is 0 Å². The monoisotopic (exact) mass is 251 g/mol. The van der Waals surface area contributed by atoms with E-state index >= 15 is 0 Å². The normalized spacial score (nSPS) is 25.7. The molecule has 0 unspecified atom stereocenters. The van der Waals surface area contributed by atoms with Crippen LogP contribution in [0.15, 0.2) is 16.5 Å². The Labute approximate surface area is 107 Å². The van der Waals surface area contributed by atoms with Crippen molar-refractivity contribution in [1.29, 1.82) is 0 Å². The van der Waals surface area contributed by atoms with Gasteiger partial charge >= 0.3 is 13.1 Å². The minimum atomic E-state index is -1.01. The fraction of sp³-hybridized carbons (Fsp3) is 0.667. The molecule has 1 saturated heterocycles. The van der Waals surface area contributed by atoms with Crippen molar-refractivity contribution in [1.82, 2.24) is 0 Å². The van der Waals surface area contributed by atoms with Crippen molar-refractivity contribution in [3.05, 3.63) is 11.5 Å². The quantitative estimate of drug-likeness (QED) is 0.754.